The van der Waals surface area contributed by atoms with Crippen LogP contribution in [-0.2, 0) is 4.79 Å². The molecule has 6 heteroatoms. The highest BCUT2D eigenvalue weighted by molar-refractivity contribution is 6.21. The van der Waals surface area contributed by atoms with Crippen molar-refractivity contribution in [1.82, 2.24) is 0 Å². The van der Waals surface area contributed by atoms with Crippen molar-refractivity contribution in [3.63, 3.8) is 0 Å². The van der Waals surface area contributed by atoms with Gasteiger partial charge in [0.15, 0.2) is 0 Å². The van der Waals surface area contributed by atoms with Crippen LogP contribution in [0.15, 0.2) is 48.5 Å². The molecule has 0 unspecified atom stereocenters. The summed E-state index contributed by atoms with van der Waals surface area (Å²) in [4.78, 5) is 21.6. The lowest BCUT2D eigenvalue weighted by atomic mass is 10.0. The number of rotatable bonds is 5. The lowest BCUT2D eigenvalue weighted by Crippen LogP contribution is -2.01. The van der Waals surface area contributed by atoms with E-state index in [4.69, 9.17) is 4.74 Å². The fourth-order valence-corrected chi connectivity index (χ4v) is 1.98. The first kappa shape index (κ1) is 15.2. The minimum Gasteiger partial charge on any atom is -0.496 e. The van der Waals surface area contributed by atoms with Crippen molar-refractivity contribution in [3.8, 4) is 5.75 Å². The second-order valence-corrected chi connectivity index (χ2v) is 4.41. The number of carboxylic acids is 1. The smallest absolute Gasteiger partial charge is 0.336 e. The molecule has 2 aromatic carbocycles. The quantitative estimate of drug-likeness (QED) is 0.396. The first-order valence-corrected chi connectivity index (χ1v) is 6.35. The molecule has 0 aliphatic rings. The predicted octanol–water partition coefficient (Wildman–Crippen LogP) is 3.23. The van der Waals surface area contributed by atoms with Crippen molar-refractivity contribution in [2.24, 2.45) is 0 Å². The molecule has 0 bridgehead atoms. The third kappa shape index (κ3) is 3.29. The zero-order valence-corrected chi connectivity index (χ0v) is 11.7. The zero-order valence-electron chi connectivity index (χ0n) is 11.7. The summed E-state index contributed by atoms with van der Waals surface area (Å²) in [6.07, 6.45) is 1.45. The highest BCUT2D eigenvalue weighted by atomic mass is 16.6. The van der Waals surface area contributed by atoms with Crippen molar-refractivity contribution < 1.29 is 19.6 Å². The van der Waals surface area contributed by atoms with Crippen LogP contribution in [0.25, 0.3) is 11.6 Å². The highest BCUT2D eigenvalue weighted by Crippen LogP contribution is 2.28. The molecule has 6 nitrogen and oxygen atoms in total. The molecular weight excluding hydrogens is 286 g/mol. The van der Waals surface area contributed by atoms with Crippen molar-refractivity contribution in [2.45, 2.75) is 0 Å². The summed E-state index contributed by atoms with van der Waals surface area (Å²) >= 11 is 0. The topological polar surface area (TPSA) is 89.7 Å². The SMILES string of the molecule is COc1ccccc1/C(=C\c1ccc([N+](=O)[O-])cc1)C(=O)O. The van der Waals surface area contributed by atoms with Gasteiger partial charge in [-0.25, -0.2) is 4.79 Å². The second-order valence-electron chi connectivity index (χ2n) is 4.41. The molecule has 0 atom stereocenters. The van der Waals surface area contributed by atoms with Gasteiger partial charge in [-0.1, -0.05) is 18.2 Å². The minimum atomic E-state index is -1.11. The van der Waals surface area contributed by atoms with E-state index in [1.165, 1.54) is 37.5 Å². The van der Waals surface area contributed by atoms with Crippen molar-refractivity contribution in [1.29, 1.82) is 0 Å². The summed E-state index contributed by atoms with van der Waals surface area (Å²) in [6.45, 7) is 0. The number of benzene rings is 2. The molecule has 22 heavy (non-hydrogen) atoms. The van der Waals surface area contributed by atoms with E-state index in [0.29, 0.717) is 16.9 Å². The maximum atomic E-state index is 11.5. The fraction of sp³-hybridized carbons (Fsp3) is 0.0625. The molecule has 112 valence electrons. The van der Waals surface area contributed by atoms with Crippen LogP contribution < -0.4 is 4.74 Å². The Morgan fingerprint density at radius 2 is 1.82 bits per heavy atom. The first-order chi connectivity index (χ1) is 10.5. The molecule has 0 saturated heterocycles. The number of nitrogens with zero attached hydrogens (tertiary/aromatic N) is 1. The second kappa shape index (κ2) is 6.53. The van der Waals surface area contributed by atoms with Crippen LogP contribution >= 0.6 is 0 Å². The van der Waals surface area contributed by atoms with Crippen LogP contribution in [0.5, 0.6) is 5.75 Å². The number of non-ortho nitro benzene ring substituents is 1. The van der Waals surface area contributed by atoms with Crippen LogP contribution in [0, 0.1) is 10.1 Å². The number of para-hydroxylation sites is 1. The van der Waals surface area contributed by atoms with E-state index < -0.39 is 10.9 Å². The molecule has 1 N–H and O–H groups in total. The Morgan fingerprint density at radius 3 is 2.36 bits per heavy atom. The van der Waals surface area contributed by atoms with Crippen LogP contribution in [0.2, 0.25) is 0 Å². The normalized spacial score (nSPS) is 11.0. The van der Waals surface area contributed by atoms with Crippen LogP contribution in [-0.4, -0.2) is 23.1 Å². The van der Waals surface area contributed by atoms with E-state index in [1.54, 1.807) is 24.3 Å². The summed E-state index contributed by atoms with van der Waals surface area (Å²) in [5, 5.41) is 20.0. The summed E-state index contributed by atoms with van der Waals surface area (Å²) in [6, 6.07) is 12.4. The molecule has 0 saturated carbocycles. The Morgan fingerprint density at radius 1 is 1.18 bits per heavy atom. The van der Waals surface area contributed by atoms with Gasteiger partial charge in [-0.15, -0.1) is 0 Å². The summed E-state index contributed by atoms with van der Waals surface area (Å²) in [5.74, 6) is -0.666. The molecule has 0 fully saturated rings. The van der Waals surface area contributed by atoms with Crippen LogP contribution in [0.1, 0.15) is 11.1 Å². The maximum Gasteiger partial charge on any atom is 0.336 e. The van der Waals surface area contributed by atoms with Gasteiger partial charge >= 0.3 is 5.97 Å². The third-order valence-electron chi connectivity index (χ3n) is 3.04. The third-order valence-corrected chi connectivity index (χ3v) is 3.04. The number of carboxylic acid groups (broad SMARTS) is 1. The number of nitro groups is 1. The Kier molecular flexibility index (Phi) is 4.53. The van der Waals surface area contributed by atoms with Crippen molar-refractivity contribution in [2.75, 3.05) is 7.11 Å². The van der Waals surface area contributed by atoms with Gasteiger partial charge in [0.1, 0.15) is 5.75 Å². The molecule has 2 aromatic rings. The van der Waals surface area contributed by atoms with Crippen LogP contribution in [0.4, 0.5) is 5.69 Å². The van der Waals surface area contributed by atoms with Gasteiger partial charge in [-0.3, -0.25) is 10.1 Å². The molecule has 0 amide bonds. The van der Waals surface area contributed by atoms with Crippen molar-refractivity contribution in [3.05, 3.63) is 69.8 Å². The van der Waals surface area contributed by atoms with Gasteiger partial charge in [-0.2, -0.15) is 0 Å². The molecular formula is C16H13NO5. The molecule has 0 aromatic heterocycles. The summed E-state index contributed by atoms with van der Waals surface area (Å²) < 4.78 is 5.17. The van der Waals surface area contributed by atoms with Gasteiger partial charge in [0.25, 0.3) is 5.69 Å². The number of carbonyl (C=O) groups is 1. The Hall–Kier alpha value is -3.15. The number of nitro benzene ring substituents is 1. The first-order valence-electron chi connectivity index (χ1n) is 6.35. The average molecular weight is 299 g/mol. The fourth-order valence-electron chi connectivity index (χ4n) is 1.98. The highest BCUT2D eigenvalue weighted by Gasteiger charge is 2.15. The number of hydrogen-bond acceptors (Lipinski definition) is 4. The van der Waals surface area contributed by atoms with Gasteiger partial charge in [-0.05, 0) is 29.8 Å². The number of ether oxygens (including phenoxy) is 1. The van der Waals surface area contributed by atoms with Gasteiger partial charge in [0.05, 0.1) is 17.6 Å². The Bertz CT molecular complexity index is 734. The lowest BCUT2D eigenvalue weighted by Gasteiger charge is -2.09. The molecule has 0 spiro atoms. The zero-order chi connectivity index (χ0) is 16.1. The molecule has 2 rings (SSSR count). The number of aliphatic carboxylic acids is 1. The molecule has 0 radical (unpaired) electrons. The minimum absolute atomic E-state index is 0.0475. The van der Waals surface area contributed by atoms with E-state index in [0.717, 1.165) is 0 Å². The number of methoxy groups -OCH3 is 1. The van der Waals surface area contributed by atoms with E-state index in [1.807, 2.05) is 0 Å². The largest absolute Gasteiger partial charge is 0.496 e. The van der Waals surface area contributed by atoms with Crippen LogP contribution in [0.3, 0.4) is 0 Å². The monoisotopic (exact) mass is 299 g/mol. The summed E-state index contributed by atoms with van der Waals surface area (Å²) in [7, 11) is 1.46. The van der Waals surface area contributed by atoms with E-state index in [2.05, 4.69) is 0 Å². The Labute approximate surface area is 126 Å². The summed E-state index contributed by atoms with van der Waals surface area (Å²) in [5.41, 5.74) is 0.988. The molecule has 0 aliphatic carbocycles. The van der Waals surface area contributed by atoms with Gasteiger partial charge in [0, 0.05) is 17.7 Å². The van der Waals surface area contributed by atoms with E-state index in [9.17, 15) is 20.0 Å². The molecule has 0 heterocycles. The number of hydrogen-bond donors (Lipinski definition) is 1. The average Bonchev–Trinajstić information content (AvgIpc) is 2.52. The maximum absolute atomic E-state index is 11.5. The van der Waals surface area contributed by atoms with Gasteiger partial charge in [0.2, 0.25) is 0 Å². The standard InChI is InChI=1S/C16H13NO5/c1-22-15-5-3-2-4-13(15)14(16(18)19)10-11-6-8-12(9-7-11)17(20)21/h2-10H,1H3,(H,18,19)/b14-10+. The lowest BCUT2D eigenvalue weighted by molar-refractivity contribution is -0.384. The molecule has 0 aliphatic heterocycles. The Balaban J connectivity index is 2.47. The van der Waals surface area contributed by atoms with E-state index >= 15 is 0 Å². The predicted molar refractivity (Wildman–Crippen MR) is 81.6 cm³/mol. The van der Waals surface area contributed by atoms with E-state index in [-0.39, 0.29) is 11.3 Å². The van der Waals surface area contributed by atoms with Gasteiger partial charge < -0.3 is 9.84 Å². The van der Waals surface area contributed by atoms with Crippen molar-refractivity contribution >= 4 is 23.3 Å².